The largest absolute Gasteiger partial charge is 0.375 e. The van der Waals surface area contributed by atoms with Gasteiger partial charge in [0.1, 0.15) is 0 Å². The normalized spacial score (nSPS) is 26.1. The van der Waals surface area contributed by atoms with Crippen molar-refractivity contribution in [3.63, 3.8) is 0 Å². The van der Waals surface area contributed by atoms with Crippen LogP contribution in [0.1, 0.15) is 55.7 Å². The summed E-state index contributed by atoms with van der Waals surface area (Å²) in [7, 11) is 0. The molecule has 1 aromatic carbocycles. The number of hydrazine groups is 1. The first-order valence-corrected chi connectivity index (χ1v) is 8.79. The summed E-state index contributed by atoms with van der Waals surface area (Å²) in [4.78, 5) is 0. The molecule has 0 aromatic heterocycles. The molecule has 3 nitrogen and oxygen atoms in total. The Bertz CT molecular complexity index is 500. The number of hydrogen-bond acceptors (Lipinski definition) is 3. The molecule has 1 aromatic rings. The van der Waals surface area contributed by atoms with E-state index in [0.717, 1.165) is 23.9 Å². The van der Waals surface area contributed by atoms with Gasteiger partial charge in [-0.1, -0.05) is 40.9 Å². The van der Waals surface area contributed by atoms with Gasteiger partial charge in [-0.05, 0) is 55.7 Å². The van der Waals surface area contributed by atoms with Gasteiger partial charge < -0.3 is 4.74 Å². The first kappa shape index (κ1) is 15.5. The molecule has 0 radical (unpaired) electrons. The lowest BCUT2D eigenvalue weighted by atomic mass is 9.78. The van der Waals surface area contributed by atoms with Crippen LogP contribution in [-0.2, 0) is 4.74 Å². The standard InChI is InChI=1S/C17H25BrN2O/c1-12-4-5-13(10-15(12)18)16(20-19)14-6-9-21-17(11-14)7-2-3-8-17/h4-5,10,14,16,20H,2-3,6-9,11,19H2,1H3. The highest BCUT2D eigenvalue weighted by molar-refractivity contribution is 9.10. The van der Waals surface area contributed by atoms with Crippen LogP contribution in [0.3, 0.4) is 0 Å². The van der Waals surface area contributed by atoms with Gasteiger partial charge in [-0.25, -0.2) is 0 Å². The van der Waals surface area contributed by atoms with Gasteiger partial charge in [-0.3, -0.25) is 11.3 Å². The molecule has 1 saturated carbocycles. The number of nitrogens with two attached hydrogens (primary N) is 1. The molecule has 21 heavy (non-hydrogen) atoms. The molecule has 2 atom stereocenters. The maximum atomic E-state index is 6.15. The molecular formula is C17H25BrN2O. The number of halogens is 1. The number of nitrogens with one attached hydrogen (secondary N) is 1. The van der Waals surface area contributed by atoms with Crippen molar-refractivity contribution in [3.8, 4) is 0 Å². The van der Waals surface area contributed by atoms with Gasteiger partial charge in [0.2, 0.25) is 0 Å². The summed E-state index contributed by atoms with van der Waals surface area (Å²) in [5.74, 6) is 6.46. The Morgan fingerprint density at radius 3 is 2.81 bits per heavy atom. The number of ether oxygens (including phenoxy) is 1. The van der Waals surface area contributed by atoms with E-state index in [-0.39, 0.29) is 11.6 Å². The fourth-order valence-electron chi connectivity index (χ4n) is 4.02. The summed E-state index contributed by atoms with van der Waals surface area (Å²) in [6.07, 6.45) is 7.28. The summed E-state index contributed by atoms with van der Waals surface area (Å²) in [5.41, 5.74) is 5.73. The van der Waals surface area contributed by atoms with Crippen LogP contribution < -0.4 is 11.3 Å². The van der Waals surface area contributed by atoms with E-state index in [9.17, 15) is 0 Å². The first-order valence-electron chi connectivity index (χ1n) is 8.00. The Hall–Kier alpha value is -0.420. The highest BCUT2D eigenvalue weighted by Gasteiger charge is 2.42. The lowest BCUT2D eigenvalue weighted by molar-refractivity contribution is -0.0982. The molecule has 2 aliphatic rings. The lowest BCUT2D eigenvalue weighted by Gasteiger charge is -2.41. The van der Waals surface area contributed by atoms with Crippen molar-refractivity contribution in [2.45, 2.75) is 57.1 Å². The molecule has 1 saturated heterocycles. The van der Waals surface area contributed by atoms with Crippen molar-refractivity contribution in [2.75, 3.05) is 6.61 Å². The molecular weight excluding hydrogens is 328 g/mol. The number of rotatable bonds is 3. The Kier molecular flexibility index (Phi) is 4.69. The minimum atomic E-state index is 0.139. The highest BCUT2D eigenvalue weighted by atomic mass is 79.9. The van der Waals surface area contributed by atoms with E-state index in [1.54, 1.807) is 0 Å². The van der Waals surface area contributed by atoms with Crippen LogP contribution in [0.5, 0.6) is 0 Å². The first-order chi connectivity index (χ1) is 10.1. The van der Waals surface area contributed by atoms with E-state index < -0.39 is 0 Å². The maximum Gasteiger partial charge on any atom is 0.0686 e. The van der Waals surface area contributed by atoms with Crippen molar-refractivity contribution in [1.82, 2.24) is 5.43 Å². The Morgan fingerprint density at radius 1 is 1.38 bits per heavy atom. The average Bonchev–Trinajstić information content (AvgIpc) is 2.91. The predicted octanol–water partition coefficient (Wildman–Crippen LogP) is 4.00. The van der Waals surface area contributed by atoms with E-state index >= 15 is 0 Å². The minimum Gasteiger partial charge on any atom is -0.375 e. The third kappa shape index (κ3) is 3.19. The van der Waals surface area contributed by atoms with Gasteiger partial charge in [0.25, 0.3) is 0 Å². The minimum absolute atomic E-state index is 0.139. The fourth-order valence-corrected chi connectivity index (χ4v) is 4.42. The monoisotopic (exact) mass is 352 g/mol. The zero-order valence-electron chi connectivity index (χ0n) is 12.7. The second-order valence-corrected chi connectivity index (χ2v) is 7.50. The maximum absolute atomic E-state index is 6.15. The van der Waals surface area contributed by atoms with E-state index in [2.05, 4.69) is 46.5 Å². The lowest BCUT2D eigenvalue weighted by Crippen LogP contribution is -2.43. The van der Waals surface area contributed by atoms with Crippen LogP contribution in [0.4, 0.5) is 0 Å². The van der Waals surface area contributed by atoms with Crippen LogP contribution in [0.2, 0.25) is 0 Å². The van der Waals surface area contributed by atoms with Crippen LogP contribution >= 0.6 is 15.9 Å². The quantitative estimate of drug-likeness (QED) is 0.638. The zero-order valence-corrected chi connectivity index (χ0v) is 14.3. The van der Waals surface area contributed by atoms with E-state index in [0.29, 0.717) is 5.92 Å². The summed E-state index contributed by atoms with van der Waals surface area (Å²) >= 11 is 3.63. The molecule has 1 aliphatic heterocycles. The summed E-state index contributed by atoms with van der Waals surface area (Å²) in [5, 5.41) is 0. The van der Waals surface area contributed by atoms with Crippen molar-refractivity contribution in [1.29, 1.82) is 0 Å². The topological polar surface area (TPSA) is 47.3 Å². The third-order valence-corrected chi connectivity index (χ3v) is 6.11. The number of benzene rings is 1. The molecule has 2 unspecified atom stereocenters. The molecule has 1 aliphatic carbocycles. The van der Waals surface area contributed by atoms with Crippen molar-refractivity contribution in [3.05, 3.63) is 33.8 Å². The molecule has 1 spiro atoms. The number of hydrogen-bond donors (Lipinski definition) is 2. The van der Waals surface area contributed by atoms with Crippen molar-refractivity contribution < 1.29 is 4.74 Å². The Morgan fingerprint density at radius 2 is 2.14 bits per heavy atom. The Balaban J connectivity index is 1.80. The van der Waals surface area contributed by atoms with Crippen molar-refractivity contribution in [2.24, 2.45) is 11.8 Å². The molecule has 116 valence electrons. The second kappa shape index (κ2) is 6.37. The summed E-state index contributed by atoms with van der Waals surface area (Å²) in [6, 6.07) is 6.77. The SMILES string of the molecule is Cc1ccc(C(NN)C2CCOC3(CCCC3)C2)cc1Br. The Labute approximate surface area is 135 Å². The van der Waals surface area contributed by atoms with Gasteiger partial charge in [0.15, 0.2) is 0 Å². The van der Waals surface area contributed by atoms with Crippen molar-refractivity contribution >= 4 is 15.9 Å². The zero-order chi connectivity index (χ0) is 14.9. The van der Waals surface area contributed by atoms with Crippen LogP contribution in [0.15, 0.2) is 22.7 Å². The fraction of sp³-hybridized carbons (Fsp3) is 0.647. The smallest absolute Gasteiger partial charge is 0.0686 e. The molecule has 2 fully saturated rings. The van der Waals surface area contributed by atoms with Gasteiger partial charge >= 0.3 is 0 Å². The molecule has 4 heteroatoms. The molecule has 1 heterocycles. The molecule has 3 N–H and O–H groups in total. The molecule has 0 amide bonds. The summed E-state index contributed by atoms with van der Waals surface area (Å²) in [6.45, 7) is 2.98. The van der Waals surface area contributed by atoms with E-state index in [1.165, 1.54) is 36.8 Å². The summed E-state index contributed by atoms with van der Waals surface area (Å²) < 4.78 is 7.31. The number of aryl methyl sites for hydroxylation is 1. The second-order valence-electron chi connectivity index (χ2n) is 6.64. The van der Waals surface area contributed by atoms with Gasteiger partial charge in [-0.2, -0.15) is 0 Å². The van der Waals surface area contributed by atoms with Crippen LogP contribution in [-0.4, -0.2) is 12.2 Å². The van der Waals surface area contributed by atoms with Gasteiger partial charge in [0.05, 0.1) is 5.60 Å². The van der Waals surface area contributed by atoms with E-state index in [1.807, 2.05) is 0 Å². The third-order valence-electron chi connectivity index (χ3n) is 5.25. The average molecular weight is 353 g/mol. The van der Waals surface area contributed by atoms with Gasteiger partial charge in [0, 0.05) is 17.1 Å². The van der Waals surface area contributed by atoms with Gasteiger partial charge in [-0.15, -0.1) is 0 Å². The van der Waals surface area contributed by atoms with Crippen LogP contribution in [0, 0.1) is 12.8 Å². The molecule has 0 bridgehead atoms. The predicted molar refractivity (Wildman–Crippen MR) is 88.8 cm³/mol. The van der Waals surface area contributed by atoms with Crippen LogP contribution in [0.25, 0.3) is 0 Å². The van der Waals surface area contributed by atoms with E-state index in [4.69, 9.17) is 10.6 Å². The highest BCUT2D eigenvalue weighted by Crippen LogP contribution is 2.45. The molecule has 3 rings (SSSR count).